The number of carbonyl (C=O) groups is 2. The second kappa shape index (κ2) is 8.13. The molecule has 0 bridgehead atoms. The molecule has 0 saturated carbocycles. The lowest BCUT2D eigenvalue weighted by Crippen LogP contribution is -2.12. The van der Waals surface area contributed by atoms with Gasteiger partial charge in [0.25, 0.3) is 0 Å². The monoisotopic (exact) mass is 384 g/mol. The normalized spacial score (nSPS) is 11.0. The molecule has 0 unspecified atom stereocenters. The van der Waals surface area contributed by atoms with E-state index in [-0.39, 0.29) is 17.6 Å². The average Bonchev–Trinajstić information content (AvgIpc) is 2.66. The van der Waals surface area contributed by atoms with Crippen LogP contribution in [0.2, 0.25) is 5.15 Å². The zero-order chi connectivity index (χ0) is 18.5. The summed E-state index contributed by atoms with van der Waals surface area (Å²) in [6.07, 6.45) is 3.09. The van der Waals surface area contributed by atoms with E-state index in [2.05, 4.69) is 10.3 Å². The number of rotatable bonds is 5. The molecular weight excluding hydrogens is 371 g/mol. The summed E-state index contributed by atoms with van der Waals surface area (Å²) in [6.45, 7) is 0. The third kappa shape index (κ3) is 4.28. The molecule has 1 amide bonds. The molecule has 1 heterocycles. The maximum atomic E-state index is 12.3. The summed E-state index contributed by atoms with van der Waals surface area (Å²) in [7, 11) is 0. The molecule has 0 aliphatic rings. The number of nitrogens with one attached hydrogen (secondary N) is 1. The zero-order valence-electron chi connectivity index (χ0n) is 13.6. The minimum absolute atomic E-state index is 0.121. The van der Waals surface area contributed by atoms with Crippen molar-refractivity contribution in [2.75, 3.05) is 11.2 Å². The van der Waals surface area contributed by atoms with E-state index in [1.165, 1.54) is 6.08 Å². The van der Waals surface area contributed by atoms with Gasteiger partial charge in [0, 0.05) is 22.2 Å². The smallest absolute Gasteiger partial charge is 0.239 e. The first-order valence-corrected chi connectivity index (χ1v) is 8.71. The number of anilines is 1. The number of para-hydroxylation sites is 1. The van der Waals surface area contributed by atoms with E-state index in [4.69, 9.17) is 23.2 Å². The van der Waals surface area contributed by atoms with Crippen molar-refractivity contribution in [1.29, 1.82) is 0 Å². The van der Waals surface area contributed by atoms with Crippen LogP contribution in [0.15, 0.2) is 60.7 Å². The molecule has 4 nitrogen and oxygen atoms in total. The number of amides is 1. The van der Waals surface area contributed by atoms with Crippen LogP contribution in [0.1, 0.15) is 15.9 Å². The number of fused-ring (bicyclic) bond motifs is 1. The van der Waals surface area contributed by atoms with Gasteiger partial charge in [-0.25, -0.2) is 4.98 Å². The van der Waals surface area contributed by atoms with Crippen LogP contribution in [-0.2, 0) is 4.79 Å². The van der Waals surface area contributed by atoms with Gasteiger partial charge in [-0.3, -0.25) is 9.59 Å². The van der Waals surface area contributed by atoms with Gasteiger partial charge < -0.3 is 5.32 Å². The van der Waals surface area contributed by atoms with Crippen LogP contribution >= 0.6 is 23.2 Å². The highest BCUT2D eigenvalue weighted by Gasteiger charge is 2.06. The van der Waals surface area contributed by atoms with E-state index in [0.29, 0.717) is 22.0 Å². The SMILES string of the molecule is O=C(CCl)Nc1ccc(C(=O)/C=C/c2cc3ccccc3nc2Cl)cc1. The van der Waals surface area contributed by atoms with E-state index < -0.39 is 0 Å². The lowest BCUT2D eigenvalue weighted by molar-refractivity contribution is -0.113. The van der Waals surface area contributed by atoms with Crippen molar-refractivity contribution in [3.8, 4) is 0 Å². The number of hydrogen-bond donors (Lipinski definition) is 1. The van der Waals surface area contributed by atoms with Gasteiger partial charge in [-0.1, -0.05) is 29.8 Å². The average molecular weight is 385 g/mol. The first kappa shape index (κ1) is 18.1. The standard InChI is InChI=1S/C20H14Cl2N2O2/c21-12-19(26)23-16-8-5-13(6-9-16)18(25)10-7-15-11-14-3-1-2-4-17(14)24-20(15)22/h1-11H,12H2,(H,23,26)/b10-7+. The van der Waals surface area contributed by atoms with Crippen LogP contribution in [0.3, 0.4) is 0 Å². The molecule has 3 aromatic rings. The molecule has 0 atom stereocenters. The first-order valence-electron chi connectivity index (χ1n) is 7.80. The molecule has 0 fully saturated rings. The number of nitrogens with zero attached hydrogens (tertiary/aromatic N) is 1. The van der Waals surface area contributed by atoms with Gasteiger partial charge in [-0.15, -0.1) is 11.6 Å². The molecule has 26 heavy (non-hydrogen) atoms. The molecule has 3 rings (SSSR count). The van der Waals surface area contributed by atoms with Crippen LogP contribution in [-0.4, -0.2) is 22.6 Å². The lowest BCUT2D eigenvalue weighted by Gasteiger charge is -2.04. The van der Waals surface area contributed by atoms with Crippen molar-refractivity contribution >= 4 is 57.6 Å². The van der Waals surface area contributed by atoms with Crippen LogP contribution in [0, 0.1) is 0 Å². The van der Waals surface area contributed by atoms with Crippen molar-refractivity contribution in [1.82, 2.24) is 4.98 Å². The van der Waals surface area contributed by atoms with Crippen molar-refractivity contribution < 1.29 is 9.59 Å². The largest absolute Gasteiger partial charge is 0.325 e. The summed E-state index contributed by atoms with van der Waals surface area (Å²) >= 11 is 11.6. The van der Waals surface area contributed by atoms with Crippen LogP contribution < -0.4 is 5.32 Å². The molecule has 130 valence electrons. The number of aromatic nitrogens is 1. The molecule has 1 N–H and O–H groups in total. The summed E-state index contributed by atoms with van der Waals surface area (Å²) in [5, 5.41) is 3.90. The van der Waals surface area contributed by atoms with E-state index in [9.17, 15) is 9.59 Å². The van der Waals surface area contributed by atoms with Gasteiger partial charge in [0.1, 0.15) is 11.0 Å². The molecule has 0 radical (unpaired) electrons. The number of allylic oxidation sites excluding steroid dienone is 1. The van der Waals surface area contributed by atoms with Crippen molar-refractivity contribution in [2.24, 2.45) is 0 Å². The molecule has 6 heteroatoms. The maximum absolute atomic E-state index is 12.3. The third-order valence-electron chi connectivity index (χ3n) is 3.69. The van der Waals surface area contributed by atoms with Gasteiger partial charge in [-0.2, -0.15) is 0 Å². The Morgan fingerprint density at radius 1 is 1.08 bits per heavy atom. The number of hydrogen-bond acceptors (Lipinski definition) is 3. The van der Waals surface area contributed by atoms with Crippen LogP contribution in [0.4, 0.5) is 5.69 Å². The Bertz CT molecular complexity index is 998. The second-order valence-electron chi connectivity index (χ2n) is 5.52. The Morgan fingerprint density at radius 2 is 1.81 bits per heavy atom. The van der Waals surface area contributed by atoms with Gasteiger partial charge in [0.15, 0.2) is 5.78 Å². The zero-order valence-corrected chi connectivity index (χ0v) is 15.1. The Kier molecular flexibility index (Phi) is 5.66. The summed E-state index contributed by atoms with van der Waals surface area (Å²) in [6, 6.07) is 16.1. The van der Waals surface area contributed by atoms with E-state index >= 15 is 0 Å². The fourth-order valence-corrected chi connectivity index (χ4v) is 2.67. The highest BCUT2D eigenvalue weighted by Crippen LogP contribution is 2.22. The Hall–Kier alpha value is -2.69. The van der Waals surface area contributed by atoms with Crippen molar-refractivity contribution in [2.45, 2.75) is 0 Å². The first-order chi connectivity index (χ1) is 12.6. The van der Waals surface area contributed by atoms with Crippen molar-refractivity contribution in [3.05, 3.63) is 77.0 Å². The quantitative estimate of drug-likeness (QED) is 0.292. The lowest BCUT2D eigenvalue weighted by atomic mass is 10.1. The summed E-state index contributed by atoms with van der Waals surface area (Å²) < 4.78 is 0. The second-order valence-corrected chi connectivity index (χ2v) is 6.14. The van der Waals surface area contributed by atoms with E-state index in [1.807, 2.05) is 30.3 Å². The predicted octanol–water partition coefficient (Wildman–Crippen LogP) is 4.96. The Labute approximate surface area is 160 Å². The fraction of sp³-hybridized carbons (Fsp3) is 0.0500. The van der Waals surface area contributed by atoms with Crippen LogP contribution in [0.5, 0.6) is 0 Å². The Morgan fingerprint density at radius 3 is 2.54 bits per heavy atom. The number of ketones is 1. The number of halogens is 2. The third-order valence-corrected chi connectivity index (χ3v) is 4.24. The number of carbonyl (C=O) groups excluding carboxylic acids is 2. The summed E-state index contributed by atoms with van der Waals surface area (Å²) in [5.41, 5.74) is 2.55. The predicted molar refractivity (Wildman–Crippen MR) is 106 cm³/mol. The summed E-state index contributed by atoms with van der Waals surface area (Å²) in [5.74, 6) is -0.599. The van der Waals surface area contributed by atoms with E-state index in [0.717, 1.165) is 10.9 Å². The summed E-state index contributed by atoms with van der Waals surface area (Å²) in [4.78, 5) is 27.9. The maximum Gasteiger partial charge on any atom is 0.239 e. The molecule has 0 aliphatic heterocycles. The van der Waals surface area contributed by atoms with Gasteiger partial charge in [0.05, 0.1) is 5.52 Å². The van der Waals surface area contributed by atoms with Gasteiger partial charge >= 0.3 is 0 Å². The van der Waals surface area contributed by atoms with Crippen LogP contribution in [0.25, 0.3) is 17.0 Å². The number of pyridine rings is 1. The van der Waals surface area contributed by atoms with Crippen molar-refractivity contribution in [3.63, 3.8) is 0 Å². The molecule has 0 aliphatic carbocycles. The molecule has 0 saturated heterocycles. The molecule has 2 aromatic carbocycles. The highest BCUT2D eigenvalue weighted by molar-refractivity contribution is 6.31. The molecular formula is C20H14Cl2N2O2. The minimum atomic E-state index is -0.302. The topological polar surface area (TPSA) is 59.1 Å². The highest BCUT2D eigenvalue weighted by atomic mass is 35.5. The molecule has 1 aromatic heterocycles. The number of alkyl halides is 1. The fourth-order valence-electron chi connectivity index (χ4n) is 2.40. The van der Waals surface area contributed by atoms with Gasteiger partial charge in [0.2, 0.25) is 5.91 Å². The molecule has 0 spiro atoms. The Balaban J connectivity index is 1.77. The minimum Gasteiger partial charge on any atom is -0.325 e. The van der Waals surface area contributed by atoms with Gasteiger partial charge in [-0.05, 0) is 48.6 Å². The number of benzene rings is 2. The van der Waals surface area contributed by atoms with E-state index in [1.54, 1.807) is 30.3 Å².